The molecule has 2 rings (SSSR count). The maximum atomic E-state index is 13.8. The van der Waals surface area contributed by atoms with Crippen molar-refractivity contribution in [3.63, 3.8) is 0 Å². The van der Waals surface area contributed by atoms with Gasteiger partial charge in [0.15, 0.2) is 0 Å². The molecule has 10 heteroatoms. The SMILES string of the molecule is CCCCNC(=O)C(CC)N(Cc1c(Cl)cccc1Cl)C(=O)CN(c1c(C)cccc1C)S(C)(=O)=O. The molecule has 198 valence electrons. The summed E-state index contributed by atoms with van der Waals surface area (Å²) >= 11 is 12.8. The molecule has 0 aliphatic carbocycles. The molecule has 2 aromatic rings. The zero-order valence-electron chi connectivity index (χ0n) is 21.5. The topological polar surface area (TPSA) is 86.8 Å². The van der Waals surface area contributed by atoms with Crippen LogP contribution in [0.25, 0.3) is 0 Å². The number of hydrogen-bond donors (Lipinski definition) is 1. The van der Waals surface area contributed by atoms with Crippen LogP contribution in [0.1, 0.15) is 49.8 Å². The summed E-state index contributed by atoms with van der Waals surface area (Å²) in [6.45, 7) is 7.39. The van der Waals surface area contributed by atoms with Crippen molar-refractivity contribution >= 4 is 50.7 Å². The number of rotatable bonds is 12. The number of amides is 2. The Balaban J connectivity index is 2.52. The van der Waals surface area contributed by atoms with E-state index in [1.807, 2.05) is 13.0 Å². The molecule has 2 amide bonds. The maximum absolute atomic E-state index is 13.8. The number of nitrogens with zero attached hydrogens (tertiary/aromatic N) is 2. The fourth-order valence-corrected chi connectivity index (χ4v) is 5.54. The number of carbonyl (C=O) groups excluding carboxylic acids is 2. The number of para-hydroxylation sites is 1. The third-order valence-electron chi connectivity index (χ3n) is 5.97. The van der Waals surface area contributed by atoms with E-state index < -0.39 is 28.5 Å². The van der Waals surface area contributed by atoms with E-state index in [0.717, 1.165) is 34.5 Å². The average molecular weight is 557 g/mol. The van der Waals surface area contributed by atoms with Gasteiger partial charge in [-0.15, -0.1) is 0 Å². The Bertz CT molecular complexity index is 1150. The molecule has 0 heterocycles. The number of carbonyl (C=O) groups is 2. The summed E-state index contributed by atoms with van der Waals surface area (Å²) in [5, 5.41) is 3.60. The van der Waals surface area contributed by atoms with Gasteiger partial charge in [-0.3, -0.25) is 13.9 Å². The lowest BCUT2D eigenvalue weighted by molar-refractivity contribution is -0.140. The van der Waals surface area contributed by atoms with E-state index in [9.17, 15) is 18.0 Å². The second kappa shape index (κ2) is 13.3. The van der Waals surface area contributed by atoms with Crippen LogP contribution in [0, 0.1) is 13.8 Å². The zero-order valence-corrected chi connectivity index (χ0v) is 23.8. The fraction of sp³-hybridized carbons (Fsp3) is 0.462. The van der Waals surface area contributed by atoms with E-state index in [4.69, 9.17) is 23.2 Å². The van der Waals surface area contributed by atoms with Crippen molar-refractivity contribution < 1.29 is 18.0 Å². The highest BCUT2D eigenvalue weighted by atomic mass is 35.5. The van der Waals surface area contributed by atoms with Crippen LogP contribution in [0.5, 0.6) is 0 Å². The normalized spacial score (nSPS) is 12.2. The lowest BCUT2D eigenvalue weighted by Crippen LogP contribution is -2.52. The molecule has 1 N–H and O–H groups in total. The van der Waals surface area contributed by atoms with E-state index in [1.54, 1.807) is 51.1 Å². The Kier molecular flexibility index (Phi) is 11.1. The predicted molar refractivity (Wildman–Crippen MR) is 147 cm³/mol. The van der Waals surface area contributed by atoms with Crippen molar-refractivity contribution in [3.8, 4) is 0 Å². The minimum absolute atomic E-state index is 0.0403. The van der Waals surface area contributed by atoms with Crippen LogP contribution >= 0.6 is 23.2 Å². The summed E-state index contributed by atoms with van der Waals surface area (Å²) in [7, 11) is -3.82. The summed E-state index contributed by atoms with van der Waals surface area (Å²) in [4.78, 5) is 28.3. The van der Waals surface area contributed by atoms with Gasteiger partial charge < -0.3 is 10.2 Å². The standard InChI is InChI=1S/C26H35Cl2N3O4S/c1-6-8-15-29-26(33)23(7-2)30(16-20-21(27)13-10-14-22(20)28)24(32)17-31(36(5,34)35)25-18(3)11-9-12-19(25)4/h9-14,23H,6-8,15-17H2,1-5H3,(H,29,33). The molecule has 0 bridgehead atoms. The van der Waals surface area contributed by atoms with Gasteiger partial charge >= 0.3 is 0 Å². The van der Waals surface area contributed by atoms with E-state index in [-0.39, 0.29) is 12.5 Å². The number of anilines is 1. The highest BCUT2D eigenvalue weighted by molar-refractivity contribution is 7.92. The second-order valence-electron chi connectivity index (χ2n) is 8.80. The molecule has 0 spiro atoms. The summed E-state index contributed by atoms with van der Waals surface area (Å²) in [6, 6.07) is 9.60. The van der Waals surface area contributed by atoms with E-state index in [1.165, 1.54) is 4.90 Å². The molecule has 0 fully saturated rings. The van der Waals surface area contributed by atoms with Crippen LogP contribution in [0.4, 0.5) is 5.69 Å². The lowest BCUT2D eigenvalue weighted by Gasteiger charge is -2.34. The highest BCUT2D eigenvalue weighted by Gasteiger charge is 2.33. The summed E-state index contributed by atoms with van der Waals surface area (Å²) < 4.78 is 26.8. The van der Waals surface area contributed by atoms with E-state index in [2.05, 4.69) is 5.32 Å². The van der Waals surface area contributed by atoms with Crippen LogP contribution in [-0.2, 0) is 26.2 Å². The second-order valence-corrected chi connectivity index (χ2v) is 11.5. The Labute approximate surface area is 224 Å². The van der Waals surface area contributed by atoms with Crippen molar-refractivity contribution in [2.75, 3.05) is 23.7 Å². The van der Waals surface area contributed by atoms with Crippen molar-refractivity contribution in [1.82, 2.24) is 10.2 Å². The Morgan fingerprint density at radius 1 is 1.00 bits per heavy atom. The minimum Gasteiger partial charge on any atom is -0.354 e. The van der Waals surface area contributed by atoms with Gasteiger partial charge in [0, 0.05) is 28.7 Å². The molecule has 2 aromatic carbocycles. The third kappa shape index (κ3) is 7.60. The first-order chi connectivity index (χ1) is 16.9. The molecule has 1 atom stereocenters. The van der Waals surface area contributed by atoms with Gasteiger partial charge in [-0.1, -0.05) is 67.7 Å². The Hall–Kier alpha value is -2.29. The number of benzene rings is 2. The predicted octanol–water partition coefficient (Wildman–Crippen LogP) is 5.10. The van der Waals surface area contributed by atoms with Gasteiger partial charge in [0.25, 0.3) is 0 Å². The van der Waals surface area contributed by atoms with Crippen LogP contribution in [0.15, 0.2) is 36.4 Å². The monoisotopic (exact) mass is 555 g/mol. The molecule has 0 aliphatic heterocycles. The van der Waals surface area contributed by atoms with Crippen molar-refractivity contribution in [1.29, 1.82) is 0 Å². The molecular weight excluding hydrogens is 521 g/mol. The molecule has 0 aliphatic rings. The molecular formula is C26H35Cl2N3O4S. The number of nitrogens with one attached hydrogen (secondary N) is 1. The van der Waals surface area contributed by atoms with Crippen molar-refractivity contribution in [2.45, 2.75) is 59.5 Å². The van der Waals surface area contributed by atoms with Gasteiger partial charge in [-0.05, 0) is 49.9 Å². The van der Waals surface area contributed by atoms with Crippen LogP contribution in [0.2, 0.25) is 10.0 Å². The molecule has 0 saturated carbocycles. The first-order valence-corrected chi connectivity index (χ1v) is 14.6. The Morgan fingerprint density at radius 3 is 2.06 bits per heavy atom. The smallest absolute Gasteiger partial charge is 0.244 e. The van der Waals surface area contributed by atoms with Crippen LogP contribution in [-0.4, -0.2) is 50.5 Å². The fourth-order valence-electron chi connectivity index (χ4n) is 4.05. The van der Waals surface area contributed by atoms with Crippen LogP contribution in [0.3, 0.4) is 0 Å². The summed E-state index contributed by atoms with van der Waals surface area (Å²) in [6.07, 6.45) is 3.11. The molecule has 36 heavy (non-hydrogen) atoms. The maximum Gasteiger partial charge on any atom is 0.244 e. The van der Waals surface area contributed by atoms with Gasteiger partial charge in [0.05, 0.1) is 11.9 Å². The Morgan fingerprint density at radius 2 is 1.56 bits per heavy atom. The lowest BCUT2D eigenvalue weighted by atomic mass is 10.1. The van der Waals surface area contributed by atoms with E-state index in [0.29, 0.717) is 34.3 Å². The summed E-state index contributed by atoms with van der Waals surface area (Å²) in [5.74, 6) is -0.836. The van der Waals surface area contributed by atoms with E-state index >= 15 is 0 Å². The zero-order chi connectivity index (χ0) is 27.0. The molecule has 0 aromatic heterocycles. The van der Waals surface area contributed by atoms with Gasteiger partial charge in [0.1, 0.15) is 12.6 Å². The first-order valence-electron chi connectivity index (χ1n) is 12.0. The molecule has 0 radical (unpaired) electrons. The van der Waals surface area contributed by atoms with Gasteiger partial charge in [0.2, 0.25) is 21.8 Å². The molecule has 0 saturated heterocycles. The largest absolute Gasteiger partial charge is 0.354 e. The third-order valence-corrected chi connectivity index (χ3v) is 7.79. The van der Waals surface area contributed by atoms with Crippen LogP contribution < -0.4 is 9.62 Å². The number of hydrogen-bond acceptors (Lipinski definition) is 4. The average Bonchev–Trinajstić information content (AvgIpc) is 2.79. The minimum atomic E-state index is -3.82. The van der Waals surface area contributed by atoms with Gasteiger partial charge in [-0.25, -0.2) is 8.42 Å². The van der Waals surface area contributed by atoms with Gasteiger partial charge in [-0.2, -0.15) is 0 Å². The first kappa shape index (κ1) is 29.9. The number of aryl methyl sites for hydroxylation is 2. The molecule has 1 unspecified atom stereocenters. The number of sulfonamides is 1. The van der Waals surface area contributed by atoms with Crippen molar-refractivity contribution in [2.24, 2.45) is 0 Å². The highest BCUT2D eigenvalue weighted by Crippen LogP contribution is 2.29. The van der Waals surface area contributed by atoms with Crippen molar-refractivity contribution in [3.05, 3.63) is 63.1 Å². The number of halogens is 2. The summed E-state index contributed by atoms with van der Waals surface area (Å²) in [5.41, 5.74) is 2.38. The quantitative estimate of drug-likeness (QED) is 0.369. The molecule has 7 nitrogen and oxygen atoms in total. The number of unbranched alkanes of at least 4 members (excludes halogenated alkanes) is 1.